The number of carbonyl (C=O) groups excluding carboxylic acids is 2. The third kappa shape index (κ3) is 5.13. The lowest BCUT2D eigenvalue weighted by Gasteiger charge is -2.27. The van der Waals surface area contributed by atoms with Gasteiger partial charge < -0.3 is 19.5 Å². The minimum atomic E-state index is -0.688. The lowest BCUT2D eigenvalue weighted by Crippen LogP contribution is -2.30. The van der Waals surface area contributed by atoms with Crippen molar-refractivity contribution < 1.29 is 24.2 Å². The molecular formula is C26H31NO5. The van der Waals surface area contributed by atoms with Crippen LogP contribution in [0.25, 0.3) is 0 Å². The first-order chi connectivity index (χ1) is 15.2. The Kier molecular flexibility index (Phi) is 7.23. The first kappa shape index (κ1) is 23.4. The van der Waals surface area contributed by atoms with Gasteiger partial charge in [-0.05, 0) is 55.2 Å². The summed E-state index contributed by atoms with van der Waals surface area (Å²) in [5, 5.41) is 10.7. The monoisotopic (exact) mass is 437 g/mol. The Morgan fingerprint density at radius 1 is 1.06 bits per heavy atom. The third-order valence-electron chi connectivity index (χ3n) is 5.26. The SMILES string of the molecule is COc1ccc(CN2C(=O)C(O)=C(C(=O)CC(C)C)C2c2cccc(OC(C)C)c2)cc1. The molecule has 0 radical (unpaired) electrons. The molecule has 0 spiro atoms. The molecule has 2 aromatic carbocycles. The van der Waals surface area contributed by atoms with Crippen molar-refractivity contribution in [3.05, 3.63) is 71.0 Å². The van der Waals surface area contributed by atoms with Crippen LogP contribution < -0.4 is 9.47 Å². The van der Waals surface area contributed by atoms with E-state index in [1.54, 1.807) is 12.0 Å². The summed E-state index contributed by atoms with van der Waals surface area (Å²) in [5.41, 5.74) is 1.74. The molecule has 1 unspecified atom stereocenters. The summed E-state index contributed by atoms with van der Waals surface area (Å²) < 4.78 is 11.0. The standard InChI is InChI=1S/C26H31NO5/c1-16(2)13-22(28)23-24(19-7-6-8-21(14-19)32-17(3)4)27(26(30)25(23)29)15-18-9-11-20(31-5)12-10-18/h6-12,14,16-17,24,29H,13,15H2,1-5H3. The Labute approximate surface area is 189 Å². The summed E-state index contributed by atoms with van der Waals surface area (Å²) in [6, 6.07) is 14.1. The van der Waals surface area contributed by atoms with Crippen LogP contribution in [0.1, 0.15) is 51.3 Å². The van der Waals surface area contributed by atoms with Crippen molar-refractivity contribution in [3.8, 4) is 11.5 Å². The molecule has 2 aromatic rings. The number of ether oxygens (including phenoxy) is 2. The van der Waals surface area contributed by atoms with Crippen LogP contribution in [-0.4, -0.2) is 34.9 Å². The highest BCUT2D eigenvalue weighted by atomic mass is 16.5. The van der Waals surface area contributed by atoms with Gasteiger partial charge in [-0.25, -0.2) is 0 Å². The number of nitrogens with zero attached hydrogens (tertiary/aromatic N) is 1. The van der Waals surface area contributed by atoms with E-state index in [0.29, 0.717) is 11.5 Å². The normalized spacial score (nSPS) is 16.3. The molecule has 1 aliphatic heterocycles. The largest absolute Gasteiger partial charge is 0.503 e. The number of aliphatic hydroxyl groups excluding tert-OH is 1. The molecule has 1 amide bonds. The molecule has 170 valence electrons. The molecule has 0 aromatic heterocycles. The second-order valence-corrected chi connectivity index (χ2v) is 8.71. The second kappa shape index (κ2) is 9.90. The number of benzene rings is 2. The van der Waals surface area contributed by atoms with E-state index in [2.05, 4.69) is 0 Å². The van der Waals surface area contributed by atoms with Crippen LogP contribution in [-0.2, 0) is 16.1 Å². The van der Waals surface area contributed by atoms with Gasteiger partial charge in [-0.1, -0.05) is 38.1 Å². The van der Waals surface area contributed by atoms with Crippen LogP contribution in [0, 0.1) is 5.92 Å². The highest BCUT2D eigenvalue weighted by Crippen LogP contribution is 2.40. The van der Waals surface area contributed by atoms with E-state index in [9.17, 15) is 14.7 Å². The summed E-state index contributed by atoms with van der Waals surface area (Å²) in [7, 11) is 1.59. The molecule has 0 fully saturated rings. The molecule has 6 nitrogen and oxygen atoms in total. The summed E-state index contributed by atoms with van der Waals surface area (Å²) in [4.78, 5) is 27.7. The number of hydrogen-bond donors (Lipinski definition) is 1. The predicted molar refractivity (Wildman–Crippen MR) is 123 cm³/mol. The van der Waals surface area contributed by atoms with Gasteiger partial charge in [-0.3, -0.25) is 9.59 Å². The maximum Gasteiger partial charge on any atom is 0.290 e. The van der Waals surface area contributed by atoms with Gasteiger partial charge in [0.1, 0.15) is 11.5 Å². The zero-order valence-electron chi connectivity index (χ0n) is 19.3. The average Bonchev–Trinajstić information content (AvgIpc) is 2.98. The summed E-state index contributed by atoms with van der Waals surface area (Å²) in [5.74, 6) is 0.229. The Balaban J connectivity index is 2.03. The predicted octanol–water partition coefficient (Wildman–Crippen LogP) is 4.99. The molecule has 0 saturated carbocycles. The fourth-order valence-electron chi connectivity index (χ4n) is 3.89. The molecular weight excluding hydrogens is 406 g/mol. The number of hydrogen-bond acceptors (Lipinski definition) is 5. The lowest BCUT2D eigenvalue weighted by atomic mass is 9.92. The van der Waals surface area contributed by atoms with Crippen LogP contribution >= 0.6 is 0 Å². The molecule has 32 heavy (non-hydrogen) atoms. The van der Waals surface area contributed by atoms with Gasteiger partial charge in [0.05, 0.1) is 24.8 Å². The number of Topliss-reactive ketones (excluding diaryl/α,β-unsaturated/α-hetero) is 1. The Morgan fingerprint density at radius 2 is 1.75 bits per heavy atom. The molecule has 1 heterocycles. The molecule has 6 heteroatoms. The molecule has 0 saturated heterocycles. The van der Waals surface area contributed by atoms with Crippen LogP contribution in [0.3, 0.4) is 0 Å². The van der Waals surface area contributed by atoms with E-state index in [1.165, 1.54) is 0 Å². The summed E-state index contributed by atoms with van der Waals surface area (Å²) >= 11 is 0. The van der Waals surface area contributed by atoms with Crippen LogP contribution in [0.2, 0.25) is 0 Å². The van der Waals surface area contributed by atoms with Gasteiger partial charge in [0.2, 0.25) is 0 Å². The van der Waals surface area contributed by atoms with Gasteiger partial charge in [0.25, 0.3) is 5.91 Å². The third-order valence-corrected chi connectivity index (χ3v) is 5.26. The number of rotatable bonds is 9. The first-order valence-electron chi connectivity index (χ1n) is 10.9. The van der Waals surface area contributed by atoms with Crippen LogP contribution in [0.15, 0.2) is 59.9 Å². The Hall–Kier alpha value is -3.28. The maximum absolute atomic E-state index is 13.1. The highest BCUT2D eigenvalue weighted by Gasteiger charge is 2.43. The zero-order chi connectivity index (χ0) is 23.4. The van der Waals surface area contributed by atoms with Gasteiger partial charge >= 0.3 is 0 Å². The Morgan fingerprint density at radius 3 is 2.34 bits per heavy atom. The fourth-order valence-corrected chi connectivity index (χ4v) is 3.89. The smallest absolute Gasteiger partial charge is 0.290 e. The number of carbonyl (C=O) groups is 2. The van der Waals surface area contributed by atoms with Crippen molar-refractivity contribution in [1.29, 1.82) is 0 Å². The van der Waals surface area contributed by atoms with Crippen LogP contribution in [0.4, 0.5) is 0 Å². The summed E-state index contributed by atoms with van der Waals surface area (Å²) in [6.45, 7) is 7.99. The number of aliphatic hydroxyl groups is 1. The van der Waals surface area contributed by atoms with Crippen molar-refractivity contribution >= 4 is 11.7 Å². The molecule has 3 rings (SSSR count). The van der Waals surface area contributed by atoms with E-state index >= 15 is 0 Å². The number of ketones is 1. The van der Waals surface area contributed by atoms with Gasteiger partial charge in [0, 0.05) is 13.0 Å². The van der Waals surface area contributed by atoms with E-state index < -0.39 is 17.7 Å². The number of methoxy groups -OCH3 is 1. The molecule has 0 bridgehead atoms. The van der Waals surface area contributed by atoms with Gasteiger partial charge in [-0.15, -0.1) is 0 Å². The second-order valence-electron chi connectivity index (χ2n) is 8.71. The van der Waals surface area contributed by atoms with Crippen molar-refractivity contribution in [1.82, 2.24) is 4.90 Å². The van der Waals surface area contributed by atoms with Gasteiger partial charge in [0.15, 0.2) is 11.5 Å². The van der Waals surface area contributed by atoms with E-state index in [0.717, 1.165) is 11.1 Å². The van der Waals surface area contributed by atoms with Crippen molar-refractivity contribution in [2.45, 2.75) is 52.8 Å². The lowest BCUT2D eigenvalue weighted by molar-refractivity contribution is -0.130. The molecule has 1 atom stereocenters. The Bertz CT molecular complexity index is 1010. The maximum atomic E-state index is 13.1. The topological polar surface area (TPSA) is 76.1 Å². The molecule has 1 aliphatic rings. The van der Waals surface area contributed by atoms with E-state index in [-0.39, 0.29) is 36.3 Å². The minimum absolute atomic E-state index is 0.0168. The van der Waals surface area contributed by atoms with E-state index in [4.69, 9.17) is 9.47 Å². The van der Waals surface area contributed by atoms with Crippen molar-refractivity contribution in [2.75, 3.05) is 7.11 Å². The quantitative estimate of drug-likeness (QED) is 0.598. The average molecular weight is 438 g/mol. The van der Waals surface area contributed by atoms with Crippen molar-refractivity contribution in [3.63, 3.8) is 0 Å². The highest BCUT2D eigenvalue weighted by molar-refractivity contribution is 6.09. The van der Waals surface area contributed by atoms with Crippen molar-refractivity contribution in [2.24, 2.45) is 5.92 Å². The van der Waals surface area contributed by atoms with E-state index in [1.807, 2.05) is 76.2 Å². The molecule has 1 N–H and O–H groups in total. The van der Waals surface area contributed by atoms with Gasteiger partial charge in [-0.2, -0.15) is 0 Å². The summed E-state index contributed by atoms with van der Waals surface area (Å²) in [6.07, 6.45) is 0.235. The fraction of sp³-hybridized carbons (Fsp3) is 0.385. The number of amides is 1. The molecule has 0 aliphatic carbocycles. The first-order valence-corrected chi connectivity index (χ1v) is 10.9. The minimum Gasteiger partial charge on any atom is -0.503 e. The van der Waals surface area contributed by atoms with Crippen LogP contribution in [0.5, 0.6) is 11.5 Å². The zero-order valence-corrected chi connectivity index (χ0v) is 19.3.